The molecule has 0 heterocycles. The average Bonchev–Trinajstić information content (AvgIpc) is 0.923. The van der Waals surface area contributed by atoms with Gasteiger partial charge in [0, 0.05) is 25.7 Å². The van der Waals surface area contributed by atoms with Gasteiger partial charge in [-0.2, -0.15) is 0 Å². The van der Waals surface area contributed by atoms with Gasteiger partial charge in [-0.25, -0.2) is 9.13 Å². The highest BCUT2D eigenvalue weighted by molar-refractivity contribution is 7.47. The molecule has 0 radical (unpaired) electrons. The fourth-order valence-electron chi connectivity index (χ4n) is 9.86. The highest BCUT2D eigenvalue weighted by Crippen LogP contribution is 2.45. The molecule has 0 saturated carbocycles. The Balaban J connectivity index is 5.43. The Morgan fingerprint density at radius 2 is 0.529 bits per heavy atom. The molecule has 0 rings (SSSR count). The van der Waals surface area contributed by atoms with Crippen LogP contribution in [0, 0.1) is 0 Å². The molecule has 0 spiro atoms. The molecule has 0 bridgehead atoms. The molecule has 0 aromatic rings. The van der Waals surface area contributed by atoms with E-state index in [9.17, 15) is 43.2 Å². The number of unbranched alkanes of at least 4 members (excludes halogenated alkanes) is 22. The van der Waals surface area contributed by atoms with Crippen LogP contribution < -0.4 is 0 Å². The topological polar surface area (TPSA) is 237 Å². The van der Waals surface area contributed by atoms with E-state index in [1.807, 2.05) is 0 Å². The van der Waals surface area contributed by atoms with E-state index in [0.717, 1.165) is 193 Å². The Morgan fingerprint density at radius 1 is 0.284 bits per heavy atom. The number of hydrogen-bond acceptors (Lipinski definition) is 15. The van der Waals surface area contributed by atoms with Gasteiger partial charge in [0.05, 0.1) is 26.4 Å². The lowest BCUT2D eigenvalue weighted by molar-refractivity contribution is -0.161. The van der Waals surface area contributed by atoms with E-state index in [2.05, 4.69) is 174 Å². The van der Waals surface area contributed by atoms with Gasteiger partial charge in [0.1, 0.15) is 19.3 Å². The van der Waals surface area contributed by atoms with E-state index < -0.39 is 97.5 Å². The second-order valence-corrected chi connectivity index (χ2v) is 28.4. The van der Waals surface area contributed by atoms with Crippen molar-refractivity contribution in [1.29, 1.82) is 0 Å². The van der Waals surface area contributed by atoms with Crippen molar-refractivity contribution in [2.75, 3.05) is 39.6 Å². The van der Waals surface area contributed by atoms with Crippen LogP contribution in [0.5, 0.6) is 0 Å². The number of allylic oxidation sites excluding steroid dienone is 24. The third-order valence-electron chi connectivity index (χ3n) is 15.7. The number of carbonyl (C=O) groups excluding carboxylic acids is 4. The van der Waals surface area contributed by atoms with E-state index in [0.29, 0.717) is 25.7 Å². The SMILES string of the molecule is CC/C=C\C/C=C\C/C=C\C/C=C\C/C=C\CCCCCC(=O)OCC(COP(=O)(O)OCC(O)COP(=O)(O)OCC(COC(=O)CCCCCCC/C=C\C/C=C\CCC)OC(=O)CCCCCCC/C=C\CCCCCC)OC(=O)CCCCCC/C=C\C/C=C\C/C=C\C/C=C\CC. The molecule has 19 heteroatoms. The van der Waals surface area contributed by atoms with Gasteiger partial charge in [-0.3, -0.25) is 37.3 Å². The van der Waals surface area contributed by atoms with Gasteiger partial charge in [0.15, 0.2) is 12.2 Å². The molecular weight excluding hydrogens is 1330 g/mol. The van der Waals surface area contributed by atoms with Gasteiger partial charge in [0.25, 0.3) is 0 Å². The Morgan fingerprint density at radius 3 is 0.843 bits per heavy atom. The van der Waals surface area contributed by atoms with Gasteiger partial charge in [-0.1, -0.05) is 257 Å². The van der Waals surface area contributed by atoms with Crippen LogP contribution in [0.3, 0.4) is 0 Å². The van der Waals surface area contributed by atoms with Crippen molar-refractivity contribution < 1.29 is 80.2 Å². The zero-order valence-electron chi connectivity index (χ0n) is 63.5. The minimum atomic E-state index is -5.00. The average molecular weight is 1470 g/mol. The first-order valence-electron chi connectivity index (χ1n) is 39.1. The first kappa shape index (κ1) is 96.9. The lowest BCUT2D eigenvalue weighted by Gasteiger charge is -2.21. The summed E-state index contributed by atoms with van der Waals surface area (Å²) in [6.07, 6.45) is 84.0. The van der Waals surface area contributed by atoms with Crippen LogP contribution in [0.25, 0.3) is 0 Å². The van der Waals surface area contributed by atoms with Crippen LogP contribution in [0.2, 0.25) is 0 Å². The van der Waals surface area contributed by atoms with E-state index in [1.165, 1.54) is 25.7 Å². The highest BCUT2D eigenvalue weighted by Gasteiger charge is 2.30. The molecule has 0 aromatic heterocycles. The van der Waals surface area contributed by atoms with Crippen molar-refractivity contribution in [1.82, 2.24) is 0 Å². The molecule has 5 unspecified atom stereocenters. The summed E-state index contributed by atoms with van der Waals surface area (Å²) in [7, 11) is -9.98. The summed E-state index contributed by atoms with van der Waals surface area (Å²) in [4.78, 5) is 72.9. The predicted molar refractivity (Wildman–Crippen MR) is 417 cm³/mol. The Hall–Kier alpha value is -5.06. The third kappa shape index (κ3) is 73.3. The summed E-state index contributed by atoms with van der Waals surface area (Å²) in [6.45, 7) is 4.47. The van der Waals surface area contributed by atoms with Crippen molar-refractivity contribution in [2.45, 2.75) is 316 Å². The van der Waals surface area contributed by atoms with Crippen molar-refractivity contribution >= 4 is 39.5 Å². The molecule has 5 atom stereocenters. The molecule has 0 saturated heterocycles. The fraction of sp³-hybridized carbons (Fsp3) is 0.663. The molecule has 3 N–H and O–H groups in total. The van der Waals surface area contributed by atoms with E-state index in [4.69, 9.17) is 37.0 Å². The first-order valence-corrected chi connectivity index (χ1v) is 42.1. The summed E-state index contributed by atoms with van der Waals surface area (Å²) >= 11 is 0. The van der Waals surface area contributed by atoms with Crippen molar-refractivity contribution in [2.24, 2.45) is 0 Å². The predicted octanol–water partition coefficient (Wildman–Crippen LogP) is 22.7. The molecule has 0 aromatic carbocycles. The number of phosphoric acid groups is 2. The Bertz CT molecular complexity index is 2510. The number of aliphatic hydroxyl groups excluding tert-OH is 1. The highest BCUT2D eigenvalue weighted by atomic mass is 31.2. The number of ether oxygens (including phenoxy) is 4. The van der Waals surface area contributed by atoms with Gasteiger partial charge in [-0.15, -0.1) is 0 Å². The standard InChI is InChI=1S/C83H138O17P2/c1-5-9-13-17-21-25-29-33-35-37-38-40-41-45-48-52-56-60-64-68-81(86)94-74-79(100-83(88)70-66-62-58-54-50-46-42-39-36-34-30-26-22-18-14-10-6-2)76-98-102(91,92)96-72-77(84)71-95-101(89,90)97-75-78(99-82(87)69-65-61-57-53-49-44-32-28-24-20-16-12-8-4)73-93-80(85)67-63-59-55-51-47-43-31-27-23-19-15-11-7-3/h9-10,13-15,19,21-22,25-28,31-36,38,40,42,45-46,48,77-79,84H,5-8,11-12,16-18,20,23-24,29-30,37,39,41,43-44,47,49-76H2,1-4H3,(H,89,90)(H,91,92)/b13-9-,14-10-,19-15-,25-21-,26-22-,31-27-,32-28-,35-33-,36-34-,40-38-,46-42-,48-45-. The van der Waals surface area contributed by atoms with Gasteiger partial charge in [0.2, 0.25) is 0 Å². The van der Waals surface area contributed by atoms with Crippen LogP contribution in [0.1, 0.15) is 297 Å². The summed E-state index contributed by atoms with van der Waals surface area (Å²) in [6, 6.07) is 0. The second-order valence-electron chi connectivity index (χ2n) is 25.5. The van der Waals surface area contributed by atoms with Crippen LogP contribution in [0.4, 0.5) is 0 Å². The first-order chi connectivity index (χ1) is 49.7. The second kappa shape index (κ2) is 74.2. The van der Waals surface area contributed by atoms with Crippen molar-refractivity contribution in [3.8, 4) is 0 Å². The zero-order valence-corrected chi connectivity index (χ0v) is 65.3. The molecule has 17 nitrogen and oxygen atoms in total. The summed E-state index contributed by atoms with van der Waals surface area (Å²) < 4.78 is 68.5. The fourth-order valence-corrected chi connectivity index (χ4v) is 11.4. The van der Waals surface area contributed by atoms with Crippen LogP contribution in [-0.2, 0) is 65.4 Å². The van der Waals surface area contributed by atoms with Gasteiger partial charge >= 0.3 is 39.5 Å². The summed E-state index contributed by atoms with van der Waals surface area (Å²) in [5.74, 6) is -2.27. The molecule has 0 fully saturated rings. The smallest absolute Gasteiger partial charge is 0.462 e. The Labute approximate surface area is 617 Å². The van der Waals surface area contributed by atoms with E-state index >= 15 is 0 Å². The Kier molecular flexibility index (Phi) is 70.5. The molecular formula is C83H138O17P2. The number of rotatable bonds is 72. The lowest BCUT2D eigenvalue weighted by atomic mass is 10.1. The third-order valence-corrected chi connectivity index (χ3v) is 17.7. The number of hydrogen-bond donors (Lipinski definition) is 3. The molecule has 0 aliphatic heterocycles. The molecule has 0 aliphatic carbocycles. The number of phosphoric ester groups is 2. The molecule has 582 valence electrons. The van der Waals surface area contributed by atoms with E-state index in [-0.39, 0.29) is 25.7 Å². The number of carbonyl (C=O) groups is 4. The lowest BCUT2D eigenvalue weighted by Crippen LogP contribution is -2.30. The number of esters is 4. The minimum absolute atomic E-state index is 0.0543. The normalized spacial score (nSPS) is 14.7. The molecule has 0 aliphatic rings. The maximum atomic E-state index is 13.1. The minimum Gasteiger partial charge on any atom is -0.462 e. The monoisotopic (exact) mass is 1470 g/mol. The summed E-state index contributed by atoms with van der Waals surface area (Å²) in [5.41, 5.74) is 0. The van der Waals surface area contributed by atoms with Crippen LogP contribution >= 0.6 is 15.6 Å². The van der Waals surface area contributed by atoms with Crippen molar-refractivity contribution in [3.05, 3.63) is 146 Å². The van der Waals surface area contributed by atoms with Gasteiger partial charge in [-0.05, 0) is 161 Å². The van der Waals surface area contributed by atoms with Crippen molar-refractivity contribution in [3.63, 3.8) is 0 Å². The molecule has 0 amide bonds. The van der Waals surface area contributed by atoms with E-state index in [1.54, 1.807) is 0 Å². The maximum absolute atomic E-state index is 13.1. The van der Waals surface area contributed by atoms with Crippen LogP contribution in [0.15, 0.2) is 146 Å². The van der Waals surface area contributed by atoms with Crippen LogP contribution in [-0.4, -0.2) is 96.7 Å². The molecule has 102 heavy (non-hydrogen) atoms. The number of aliphatic hydroxyl groups is 1. The quantitative estimate of drug-likeness (QED) is 0.0169. The zero-order chi connectivity index (χ0) is 74.6. The summed E-state index contributed by atoms with van der Waals surface area (Å²) in [5, 5.41) is 10.6. The largest absolute Gasteiger partial charge is 0.472 e. The maximum Gasteiger partial charge on any atom is 0.472 e. The van der Waals surface area contributed by atoms with Gasteiger partial charge < -0.3 is 33.8 Å².